The van der Waals surface area contributed by atoms with Crippen LogP contribution in [0.2, 0.25) is 0 Å². The van der Waals surface area contributed by atoms with E-state index in [1.165, 1.54) is 21.3 Å². The van der Waals surface area contributed by atoms with Gasteiger partial charge in [-0.2, -0.15) is 0 Å². The van der Waals surface area contributed by atoms with E-state index in [1.807, 2.05) is 88.4 Å². The van der Waals surface area contributed by atoms with Gasteiger partial charge in [-0.1, -0.05) is 85.8 Å². The lowest BCUT2D eigenvalue weighted by atomic mass is 10.0. The number of nitrogens with zero attached hydrogens (tertiary/aromatic N) is 2. The van der Waals surface area contributed by atoms with Gasteiger partial charge in [0.1, 0.15) is 12.6 Å². The topological polar surface area (TPSA) is 86.8 Å². The SMILES string of the molecule is CCCNC(=O)[C@H](Cc1ccccc1)N(Cc1ccccc1C)C(=O)CN(c1cc(C)cc(C)c1)S(=O)(=O)c1ccccc1. The second kappa shape index (κ2) is 14.8. The van der Waals surface area contributed by atoms with E-state index in [2.05, 4.69) is 5.32 Å². The zero-order chi connectivity index (χ0) is 31.7. The van der Waals surface area contributed by atoms with Crippen LogP contribution in [0.3, 0.4) is 0 Å². The maximum atomic E-state index is 14.5. The third-order valence-corrected chi connectivity index (χ3v) is 9.31. The summed E-state index contributed by atoms with van der Waals surface area (Å²) < 4.78 is 29.4. The summed E-state index contributed by atoms with van der Waals surface area (Å²) >= 11 is 0. The molecule has 0 saturated carbocycles. The molecule has 1 N–H and O–H groups in total. The Kier molecular flexibility index (Phi) is 11.0. The summed E-state index contributed by atoms with van der Waals surface area (Å²) in [7, 11) is -4.13. The summed E-state index contributed by atoms with van der Waals surface area (Å²) in [5.41, 5.74) is 4.89. The van der Waals surface area contributed by atoms with Crippen molar-refractivity contribution in [2.24, 2.45) is 0 Å². The van der Waals surface area contributed by atoms with Gasteiger partial charge in [0.25, 0.3) is 10.0 Å². The molecular formula is C36H41N3O4S. The van der Waals surface area contributed by atoms with Gasteiger partial charge in [-0.3, -0.25) is 13.9 Å². The summed E-state index contributed by atoms with van der Waals surface area (Å²) in [5, 5.41) is 2.98. The second-order valence-electron chi connectivity index (χ2n) is 11.1. The minimum atomic E-state index is -4.13. The van der Waals surface area contributed by atoms with Crippen LogP contribution in [0.1, 0.15) is 41.2 Å². The van der Waals surface area contributed by atoms with Gasteiger partial charge >= 0.3 is 0 Å². The number of aryl methyl sites for hydroxylation is 3. The predicted octanol–water partition coefficient (Wildman–Crippen LogP) is 5.97. The number of anilines is 1. The summed E-state index contributed by atoms with van der Waals surface area (Å²) in [5.74, 6) is -0.749. The van der Waals surface area contributed by atoms with E-state index in [0.29, 0.717) is 12.2 Å². The monoisotopic (exact) mass is 611 g/mol. The standard InChI is InChI=1S/C36H41N3O4S/c1-5-20-37-36(41)34(24-30-15-8-6-9-16-30)38(25-31-17-13-12-14-29(31)4)35(40)26-39(32-22-27(2)21-28(3)23-32)44(42,43)33-18-10-7-11-19-33/h6-19,21-23,34H,5,20,24-26H2,1-4H3,(H,37,41)/t34-/m0/s1. The van der Waals surface area contributed by atoms with Gasteiger partial charge in [0.2, 0.25) is 11.8 Å². The molecule has 0 unspecified atom stereocenters. The van der Waals surface area contributed by atoms with Crippen molar-refractivity contribution in [3.63, 3.8) is 0 Å². The Morgan fingerprint density at radius 1 is 0.795 bits per heavy atom. The molecule has 0 spiro atoms. The van der Waals surface area contributed by atoms with E-state index < -0.39 is 28.5 Å². The number of carbonyl (C=O) groups is 2. The molecule has 7 nitrogen and oxygen atoms in total. The molecule has 44 heavy (non-hydrogen) atoms. The van der Waals surface area contributed by atoms with Gasteiger partial charge in [-0.15, -0.1) is 0 Å². The Morgan fingerprint density at radius 2 is 1.39 bits per heavy atom. The van der Waals surface area contributed by atoms with Crippen LogP contribution in [-0.4, -0.2) is 44.3 Å². The highest BCUT2D eigenvalue weighted by Crippen LogP contribution is 2.27. The molecule has 0 fully saturated rings. The summed E-state index contributed by atoms with van der Waals surface area (Å²) in [6.07, 6.45) is 1.02. The van der Waals surface area contributed by atoms with E-state index in [4.69, 9.17) is 0 Å². The molecule has 8 heteroatoms. The molecule has 0 saturated heterocycles. The minimum absolute atomic E-state index is 0.0823. The van der Waals surface area contributed by atoms with Gasteiger partial charge < -0.3 is 10.2 Å². The zero-order valence-electron chi connectivity index (χ0n) is 25.9. The van der Waals surface area contributed by atoms with Gasteiger partial charge in [-0.05, 0) is 79.3 Å². The van der Waals surface area contributed by atoms with E-state index in [-0.39, 0.29) is 23.8 Å². The smallest absolute Gasteiger partial charge is 0.264 e. The van der Waals surface area contributed by atoms with Crippen molar-refractivity contribution in [2.45, 2.75) is 58.0 Å². The van der Waals surface area contributed by atoms with E-state index in [1.54, 1.807) is 30.3 Å². The molecule has 0 aromatic heterocycles. The van der Waals surface area contributed by atoms with Gasteiger partial charge in [0.05, 0.1) is 10.6 Å². The first-order valence-electron chi connectivity index (χ1n) is 14.9. The third-order valence-electron chi connectivity index (χ3n) is 7.53. The average molecular weight is 612 g/mol. The number of hydrogen-bond acceptors (Lipinski definition) is 4. The number of carbonyl (C=O) groups excluding carboxylic acids is 2. The molecule has 0 radical (unpaired) electrons. The Hall–Kier alpha value is -4.43. The summed E-state index contributed by atoms with van der Waals surface area (Å²) in [6, 6.07) is 30.0. The van der Waals surface area contributed by atoms with Crippen LogP contribution in [0.4, 0.5) is 5.69 Å². The average Bonchev–Trinajstić information content (AvgIpc) is 3.01. The summed E-state index contributed by atoms with van der Waals surface area (Å²) in [6.45, 7) is 7.86. The fraction of sp³-hybridized carbons (Fsp3) is 0.278. The summed E-state index contributed by atoms with van der Waals surface area (Å²) in [4.78, 5) is 29.9. The first-order chi connectivity index (χ1) is 21.1. The molecule has 0 aliphatic heterocycles. The largest absolute Gasteiger partial charge is 0.354 e. The molecule has 0 bridgehead atoms. The second-order valence-corrected chi connectivity index (χ2v) is 13.0. The van der Waals surface area contributed by atoms with Crippen molar-refractivity contribution in [1.82, 2.24) is 10.2 Å². The maximum absolute atomic E-state index is 14.5. The molecule has 0 aliphatic rings. The molecule has 0 aliphatic carbocycles. The first-order valence-corrected chi connectivity index (χ1v) is 16.4. The van der Waals surface area contributed by atoms with Crippen LogP contribution < -0.4 is 9.62 Å². The van der Waals surface area contributed by atoms with Gasteiger partial charge in [0, 0.05) is 19.5 Å². The maximum Gasteiger partial charge on any atom is 0.264 e. The highest BCUT2D eigenvalue weighted by atomic mass is 32.2. The number of benzene rings is 4. The minimum Gasteiger partial charge on any atom is -0.354 e. The highest BCUT2D eigenvalue weighted by Gasteiger charge is 2.34. The van der Waals surface area contributed by atoms with Crippen LogP contribution in [0.25, 0.3) is 0 Å². The Bertz CT molecular complexity index is 1650. The number of rotatable bonds is 13. The molecule has 2 amide bonds. The Balaban J connectivity index is 1.82. The lowest BCUT2D eigenvalue weighted by Gasteiger charge is -2.34. The van der Waals surface area contributed by atoms with E-state index >= 15 is 0 Å². The molecule has 4 rings (SSSR count). The number of sulfonamides is 1. The van der Waals surface area contributed by atoms with Crippen molar-refractivity contribution in [1.29, 1.82) is 0 Å². The van der Waals surface area contributed by atoms with Crippen molar-refractivity contribution in [2.75, 3.05) is 17.4 Å². The van der Waals surface area contributed by atoms with Gasteiger partial charge in [0.15, 0.2) is 0 Å². The molecule has 0 heterocycles. The van der Waals surface area contributed by atoms with Crippen molar-refractivity contribution in [3.8, 4) is 0 Å². The van der Waals surface area contributed by atoms with E-state index in [9.17, 15) is 18.0 Å². The van der Waals surface area contributed by atoms with Crippen LogP contribution in [0, 0.1) is 20.8 Å². The quantitative estimate of drug-likeness (QED) is 0.202. The fourth-order valence-electron chi connectivity index (χ4n) is 5.23. The molecular weight excluding hydrogens is 570 g/mol. The predicted molar refractivity (Wildman–Crippen MR) is 176 cm³/mol. The zero-order valence-corrected chi connectivity index (χ0v) is 26.7. The lowest BCUT2D eigenvalue weighted by molar-refractivity contribution is -0.140. The molecule has 4 aromatic carbocycles. The van der Waals surface area contributed by atoms with E-state index in [0.717, 1.165) is 34.2 Å². The van der Waals surface area contributed by atoms with Gasteiger partial charge in [-0.25, -0.2) is 8.42 Å². The van der Waals surface area contributed by atoms with Crippen molar-refractivity contribution < 1.29 is 18.0 Å². The van der Waals surface area contributed by atoms with Crippen LogP contribution in [-0.2, 0) is 32.6 Å². The Labute approximate surface area is 261 Å². The number of amides is 2. The Morgan fingerprint density at radius 3 is 2.00 bits per heavy atom. The van der Waals surface area contributed by atoms with Crippen molar-refractivity contribution in [3.05, 3.63) is 131 Å². The number of nitrogens with one attached hydrogen (secondary N) is 1. The van der Waals surface area contributed by atoms with Crippen LogP contribution in [0.15, 0.2) is 108 Å². The number of hydrogen-bond donors (Lipinski definition) is 1. The first kappa shape index (κ1) is 32.5. The fourth-order valence-corrected chi connectivity index (χ4v) is 6.65. The molecule has 230 valence electrons. The van der Waals surface area contributed by atoms with Crippen LogP contribution >= 0.6 is 0 Å². The van der Waals surface area contributed by atoms with Crippen LogP contribution in [0.5, 0.6) is 0 Å². The normalized spacial score (nSPS) is 11.9. The molecule has 1 atom stereocenters. The lowest BCUT2D eigenvalue weighted by Crippen LogP contribution is -2.53. The van der Waals surface area contributed by atoms with Crippen molar-refractivity contribution >= 4 is 27.5 Å². The molecule has 4 aromatic rings. The third kappa shape index (κ3) is 8.14. The highest BCUT2D eigenvalue weighted by molar-refractivity contribution is 7.92.